The summed E-state index contributed by atoms with van der Waals surface area (Å²) in [6.07, 6.45) is 0.714. The Labute approximate surface area is 102 Å². The lowest BCUT2D eigenvalue weighted by Gasteiger charge is -2.19. The Morgan fingerprint density at radius 3 is 2.65 bits per heavy atom. The zero-order chi connectivity index (χ0) is 13.0. The minimum absolute atomic E-state index is 0.0356. The molecular weight excluding hydrogens is 218 g/mol. The van der Waals surface area contributed by atoms with Crippen LogP contribution in [0, 0.1) is 13.8 Å². The lowest BCUT2D eigenvalue weighted by molar-refractivity contribution is -0.125. The molecule has 2 N–H and O–H groups in total. The fourth-order valence-corrected chi connectivity index (χ4v) is 1.75. The Morgan fingerprint density at radius 2 is 2.24 bits per heavy atom. The second-order valence-corrected chi connectivity index (χ2v) is 4.34. The van der Waals surface area contributed by atoms with Crippen molar-refractivity contribution in [2.45, 2.75) is 46.2 Å². The second kappa shape index (κ2) is 5.82. The molecule has 0 spiro atoms. The van der Waals surface area contributed by atoms with E-state index in [1.807, 2.05) is 26.8 Å². The van der Waals surface area contributed by atoms with Crippen molar-refractivity contribution in [1.29, 1.82) is 0 Å². The van der Waals surface area contributed by atoms with Gasteiger partial charge in [0.05, 0.1) is 18.3 Å². The Balaban J connectivity index is 2.73. The molecule has 96 valence electrons. The number of aromatic nitrogens is 2. The predicted molar refractivity (Wildman–Crippen MR) is 65.7 cm³/mol. The highest BCUT2D eigenvalue weighted by molar-refractivity contribution is 5.80. The predicted octanol–water partition coefficient (Wildman–Crippen LogP) is 0.948. The summed E-state index contributed by atoms with van der Waals surface area (Å²) in [7, 11) is 0. The van der Waals surface area contributed by atoms with E-state index >= 15 is 0 Å². The number of hydrogen-bond donors (Lipinski definition) is 2. The maximum Gasteiger partial charge on any atom is 0.244 e. The summed E-state index contributed by atoms with van der Waals surface area (Å²) in [6, 6.07) is 1.40. The Bertz CT molecular complexity index is 383. The van der Waals surface area contributed by atoms with Gasteiger partial charge in [0, 0.05) is 5.69 Å². The van der Waals surface area contributed by atoms with Crippen molar-refractivity contribution in [2.24, 2.45) is 0 Å². The van der Waals surface area contributed by atoms with Crippen LogP contribution >= 0.6 is 0 Å². The first kappa shape index (κ1) is 13.7. The lowest BCUT2D eigenvalue weighted by Crippen LogP contribution is -2.41. The molecule has 1 heterocycles. The highest BCUT2D eigenvalue weighted by Crippen LogP contribution is 2.11. The van der Waals surface area contributed by atoms with E-state index in [1.54, 1.807) is 11.6 Å². The molecule has 0 aliphatic heterocycles. The van der Waals surface area contributed by atoms with Crippen LogP contribution in [-0.4, -0.2) is 33.4 Å². The average molecular weight is 239 g/mol. The number of nitrogens with zero attached hydrogens (tertiary/aromatic N) is 2. The molecule has 1 aromatic rings. The van der Waals surface area contributed by atoms with E-state index in [0.717, 1.165) is 11.4 Å². The van der Waals surface area contributed by atoms with Crippen LogP contribution in [0.25, 0.3) is 0 Å². The fourth-order valence-electron chi connectivity index (χ4n) is 1.75. The number of aryl methyl sites for hydroxylation is 2. The first-order valence-corrected chi connectivity index (χ1v) is 5.93. The molecule has 17 heavy (non-hydrogen) atoms. The van der Waals surface area contributed by atoms with Crippen molar-refractivity contribution in [3.8, 4) is 0 Å². The van der Waals surface area contributed by atoms with E-state index < -0.39 is 0 Å². The van der Waals surface area contributed by atoms with Gasteiger partial charge in [-0.1, -0.05) is 6.92 Å². The standard InChI is InChI=1S/C12H21N3O2/c1-5-11(7-16)13-12(17)10(4)15-9(3)6-8(2)14-15/h6,10-11,16H,5,7H2,1-4H3,(H,13,17). The second-order valence-electron chi connectivity index (χ2n) is 4.34. The summed E-state index contributed by atoms with van der Waals surface area (Å²) in [5.74, 6) is -0.114. The quantitative estimate of drug-likeness (QED) is 0.804. The lowest BCUT2D eigenvalue weighted by atomic mass is 10.2. The van der Waals surface area contributed by atoms with Crippen molar-refractivity contribution in [3.05, 3.63) is 17.5 Å². The molecular formula is C12H21N3O2. The summed E-state index contributed by atoms with van der Waals surface area (Å²) >= 11 is 0. The van der Waals surface area contributed by atoms with Gasteiger partial charge in [-0.2, -0.15) is 5.10 Å². The summed E-state index contributed by atoms with van der Waals surface area (Å²) < 4.78 is 1.70. The highest BCUT2D eigenvalue weighted by atomic mass is 16.3. The van der Waals surface area contributed by atoms with Crippen LogP contribution in [0.5, 0.6) is 0 Å². The molecule has 0 saturated heterocycles. The Kier molecular flexibility index (Phi) is 4.69. The first-order valence-electron chi connectivity index (χ1n) is 5.93. The average Bonchev–Trinajstić information content (AvgIpc) is 2.64. The molecule has 5 heteroatoms. The Hall–Kier alpha value is -1.36. The van der Waals surface area contributed by atoms with E-state index in [0.29, 0.717) is 6.42 Å². The van der Waals surface area contributed by atoms with Crippen molar-refractivity contribution in [3.63, 3.8) is 0 Å². The van der Waals surface area contributed by atoms with Gasteiger partial charge in [-0.25, -0.2) is 0 Å². The van der Waals surface area contributed by atoms with Crippen LogP contribution in [-0.2, 0) is 4.79 Å². The summed E-state index contributed by atoms with van der Waals surface area (Å²) in [6.45, 7) is 7.52. The molecule has 1 rings (SSSR count). The number of carbonyl (C=O) groups excluding carboxylic acids is 1. The number of amides is 1. The minimum Gasteiger partial charge on any atom is -0.394 e. The van der Waals surface area contributed by atoms with Gasteiger partial charge in [0.25, 0.3) is 0 Å². The van der Waals surface area contributed by atoms with Crippen LogP contribution < -0.4 is 5.32 Å². The van der Waals surface area contributed by atoms with Crippen LogP contribution in [0.4, 0.5) is 0 Å². The van der Waals surface area contributed by atoms with Crippen LogP contribution in [0.2, 0.25) is 0 Å². The van der Waals surface area contributed by atoms with Gasteiger partial charge >= 0.3 is 0 Å². The van der Waals surface area contributed by atoms with Crippen molar-refractivity contribution in [2.75, 3.05) is 6.61 Å². The number of hydrogen-bond acceptors (Lipinski definition) is 3. The first-order chi connectivity index (χ1) is 7.99. The number of rotatable bonds is 5. The largest absolute Gasteiger partial charge is 0.394 e. The SMILES string of the molecule is CCC(CO)NC(=O)C(C)n1nc(C)cc1C. The topological polar surface area (TPSA) is 67.2 Å². The number of aliphatic hydroxyl groups is 1. The molecule has 2 atom stereocenters. The summed E-state index contributed by atoms with van der Waals surface area (Å²) in [5, 5.41) is 16.1. The van der Waals surface area contributed by atoms with Crippen LogP contribution in [0.3, 0.4) is 0 Å². The highest BCUT2D eigenvalue weighted by Gasteiger charge is 2.19. The molecule has 0 aromatic carbocycles. The van der Waals surface area contributed by atoms with Crippen molar-refractivity contribution in [1.82, 2.24) is 15.1 Å². The zero-order valence-corrected chi connectivity index (χ0v) is 10.9. The molecule has 0 radical (unpaired) electrons. The normalized spacial score (nSPS) is 14.4. The van der Waals surface area contributed by atoms with Crippen molar-refractivity contribution < 1.29 is 9.90 Å². The van der Waals surface area contributed by atoms with Gasteiger partial charge < -0.3 is 10.4 Å². The van der Waals surface area contributed by atoms with E-state index in [1.165, 1.54) is 0 Å². The van der Waals surface area contributed by atoms with Gasteiger partial charge in [-0.05, 0) is 33.3 Å². The monoisotopic (exact) mass is 239 g/mol. The molecule has 1 amide bonds. The molecule has 0 bridgehead atoms. The molecule has 2 unspecified atom stereocenters. The Morgan fingerprint density at radius 1 is 1.59 bits per heavy atom. The maximum atomic E-state index is 12.0. The molecule has 0 saturated carbocycles. The van der Waals surface area contributed by atoms with Crippen molar-refractivity contribution >= 4 is 5.91 Å². The van der Waals surface area contributed by atoms with E-state index in [9.17, 15) is 4.79 Å². The van der Waals surface area contributed by atoms with Crippen LogP contribution in [0.15, 0.2) is 6.07 Å². The smallest absolute Gasteiger partial charge is 0.244 e. The summed E-state index contributed by atoms with van der Waals surface area (Å²) in [4.78, 5) is 12.0. The molecule has 0 aliphatic carbocycles. The molecule has 0 aliphatic rings. The van der Waals surface area contributed by atoms with E-state index in [-0.39, 0.29) is 24.6 Å². The number of nitrogens with one attached hydrogen (secondary N) is 1. The van der Waals surface area contributed by atoms with Crippen LogP contribution in [0.1, 0.15) is 37.7 Å². The minimum atomic E-state index is -0.357. The van der Waals surface area contributed by atoms with Gasteiger partial charge in [-0.3, -0.25) is 9.48 Å². The maximum absolute atomic E-state index is 12.0. The number of carbonyl (C=O) groups is 1. The van der Waals surface area contributed by atoms with Gasteiger partial charge in [0.2, 0.25) is 5.91 Å². The third-order valence-electron chi connectivity index (χ3n) is 2.85. The van der Waals surface area contributed by atoms with Gasteiger partial charge in [0.15, 0.2) is 0 Å². The van der Waals surface area contributed by atoms with E-state index in [2.05, 4.69) is 10.4 Å². The third kappa shape index (κ3) is 3.30. The summed E-state index contributed by atoms with van der Waals surface area (Å²) in [5.41, 5.74) is 1.86. The fraction of sp³-hybridized carbons (Fsp3) is 0.667. The molecule has 0 fully saturated rings. The van der Waals surface area contributed by atoms with Gasteiger partial charge in [0.1, 0.15) is 6.04 Å². The molecule has 1 aromatic heterocycles. The third-order valence-corrected chi connectivity index (χ3v) is 2.85. The molecule has 5 nitrogen and oxygen atoms in total. The van der Waals surface area contributed by atoms with Gasteiger partial charge in [-0.15, -0.1) is 0 Å². The van der Waals surface area contributed by atoms with E-state index in [4.69, 9.17) is 5.11 Å². The zero-order valence-electron chi connectivity index (χ0n) is 10.9. The number of aliphatic hydroxyl groups excluding tert-OH is 1.